The fourth-order valence-electron chi connectivity index (χ4n) is 3.90. The van der Waals surface area contributed by atoms with Crippen LogP contribution in [0.5, 0.6) is 0 Å². The lowest BCUT2D eigenvalue weighted by Crippen LogP contribution is -2.40. The summed E-state index contributed by atoms with van der Waals surface area (Å²) in [5.74, 6) is 2.33. The number of fused-ring (bicyclic) bond motifs is 2. The van der Waals surface area contributed by atoms with Crippen molar-refractivity contribution in [1.29, 1.82) is 0 Å². The number of carbonyl (C=O) groups excluding carboxylic acids is 1. The molecule has 1 aromatic rings. The predicted octanol–water partition coefficient (Wildman–Crippen LogP) is 2.74. The third-order valence-corrected chi connectivity index (χ3v) is 5.37. The van der Waals surface area contributed by atoms with Gasteiger partial charge in [0.15, 0.2) is 5.69 Å². The molecule has 0 aliphatic heterocycles. The molecule has 0 radical (unpaired) electrons. The Balaban J connectivity index is 1.65. The fraction of sp³-hybridized carbons (Fsp3) is 0.714. The molecule has 0 unspecified atom stereocenters. The van der Waals surface area contributed by atoms with Crippen molar-refractivity contribution < 1.29 is 4.79 Å². The summed E-state index contributed by atoms with van der Waals surface area (Å²) in [7, 11) is 1.82. The van der Waals surface area contributed by atoms with E-state index < -0.39 is 0 Å². The maximum absolute atomic E-state index is 12.2. The molecule has 0 saturated heterocycles. The smallest absolute Gasteiger partial charge is 0.273 e. The van der Waals surface area contributed by atoms with Gasteiger partial charge in [0.1, 0.15) is 0 Å². The summed E-state index contributed by atoms with van der Waals surface area (Å²) in [6.45, 7) is 2.14. The highest BCUT2D eigenvalue weighted by molar-refractivity contribution is 9.10. The van der Waals surface area contributed by atoms with Crippen LogP contribution in [0.4, 0.5) is 0 Å². The van der Waals surface area contributed by atoms with Gasteiger partial charge in [-0.2, -0.15) is 5.10 Å². The van der Waals surface area contributed by atoms with E-state index in [1.54, 1.807) is 10.9 Å². The van der Waals surface area contributed by atoms with E-state index in [0.717, 1.165) is 16.3 Å². The normalized spacial score (nSPS) is 30.6. The maximum atomic E-state index is 12.2. The number of amides is 1. The van der Waals surface area contributed by atoms with Crippen molar-refractivity contribution in [3.8, 4) is 0 Å². The molecule has 2 aliphatic carbocycles. The zero-order valence-corrected chi connectivity index (χ0v) is 13.0. The van der Waals surface area contributed by atoms with Gasteiger partial charge >= 0.3 is 0 Å². The molecule has 5 heteroatoms. The van der Waals surface area contributed by atoms with E-state index in [4.69, 9.17) is 0 Å². The quantitative estimate of drug-likeness (QED) is 0.928. The van der Waals surface area contributed by atoms with E-state index in [9.17, 15) is 4.79 Å². The maximum Gasteiger partial charge on any atom is 0.273 e. The first-order valence-electron chi connectivity index (χ1n) is 7.04. The lowest BCUT2D eigenvalue weighted by Gasteiger charge is -2.28. The molecule has 1 N–H and O–H groups in total. The summed E-state index contributed by atoms with van der Waals surface area (Å²) < 4.78 is 2.41. The van der Waals surface area contributed by atoms with Gasteiger partial charge in [0.2, 0.25) is 0 Å². The van der Waals surface area contributed by atoms with Crippen molar-refractivity contribution >= 4 is 21.8 Å². The third-order valence-electron chi connectivity index (χ3n) is 4.79. The van der Waals surface area contributed by atoms with Crippen LogP contribution in [0.15, 0.2) is 10.7 Å². The molecule has 1 aromatic heterocycles. The molecule has 2 aliphatic rings. The first-order valence-corrected chi connectivity index (χ1v) is 7.84. The highest BCUT2D eigenvalue weighted by atomic mass is 79.9. The zero-order valence-electron chi connectivity index (χ0n) is 11.4. The number of aryl methyl sites for hydroxylation is 1. The van der Waals surface area contributed by atoms with Crippen molar-refractivity contribution in [2.75, 3.05) is 0 Å². The lowest BCUT2D eigenvalue weighted by molar-refractivity contribution is 0.0908. The molecule has 2 bridgehead atoms. The average molecular weight is 326 g/mol. The Morgan fingerprint density at radius 1 is 1.53 bits per heavy atom. The van der Waals surface area contributed by atoms with Crippen LogP contribution < -0.4 is 5.32 Å². The van der Waals surface area contributed by atoms with E-state index in [-0.39, 0.29) is 11.9 Å². The van der Waals surface area contributed by atoms with Gasteiger partial charge in [0.05, 0.1) is 4.47 Å². The Labute approximate surface area is 122 Å². The van der Waals surface area contributed by atoms with Crippen molar-refractivity contribution in [2.24, 2.45) is 24.8 Å². The average Bonchev–Trinajstić information content (AvgIpc) is 3.03. The zero-order chi connectivity index (χ0) is 13.6. The summed E-state index contributed by atoms with van der Waals surface area (Å²) >= 11 is 3.38. The number of rotatable bonds is 3. The molecule has 3 rings (SSSR count). The van der Waals surface area contributed by atoms with Crippen LogP contribution in [-0.2, 0) is 7.05 Å². The summed E-state index contributed by atoms with van der Waals surface area (Å²) in [4.78, 5) is 12.2. The van der Waals surface area contributed by atoms with Gasteiger partial charge in [-0.25, -0.2) is 0 Å². The van der Waals surface area contributed by atoms with Gasteiger partial charge in [-0.15, -0.1) is 0 Å². The Bertz CT molecular complexity index is 499. The highest BCUT2D eigenvalue weighted by Gasteiger charge is 2.42. The summed E-state index contributed by atoms with van der Waals surface area (Å²) in [6, 6.07) is 0.247. The molecular weight excluding hydrogens is 306 g/mol. The Morgan fingerprint density at radius 2 is 2.32 bits per heavy atom. The second kappa shape index (κ2) is 4.93. The molecule has 104 valence electrons. The van der Waals surface area contributed by atoms with Crippen molar-refractivity contribution in [3.05, 3.63) is 16.4 Å². The molecule has 1 amide bonds. The minimum Gasteiger partial charge on any atom is -0.348 e. The summed E-state index contributed by atoms with van der Waals surface area (Å²) in [5.41, 5.74) is 0.484. The summed E-state index contributed by atoms with van der Waals surface area (Å²) in [6.07, 6.45) is 7.21. The summed E-state index contributed by atoms with van der Waals surface area (Å²) in [5, 5.41) is 7.33. The second-order valence-electron chi connectivity index (χ2n) is 6.10. The molecule has 19 heavy (non-hydrogen) atoms. The van der Waals surface area contributed by atoms with Crippen LogP contribution in [0.1, 0.15) is 43.1 Å². The molecule has 0 spiro atoms. The first-order chi connectivity index (χ1) is 9.04. The van der Waals surface area contributed by atoms with Crippen LogP contribution in [0, 0.1) is 17.8 Å². The minimum atomic E-state index is -0.0669. The number of hydrogen-bond donors (Lipinski definition) is 1. The number of hydrogen-bond acceptors (Lipinski definition) is 2. The SMILES string of the molecule is C[C@@H](NC(=O)c1nn(C)cc1Br)[C@H]1C[C@H]2CC[C@H]1C2. The Kier molecular flexibility index (Phi) is 3.41. The Hall–Kier alpha value is -0.840. The Morgan fingerprint density at radius 3 is 2.84 bits per heavy atom. The van der Waals surface area contributed by atoms with Gasteiger partial charge < -0.3 is 5.32 Å². The van der Waals surface area contributed by atoms with Crippen LogP contribution in [0.2, 0.25) is 0 Å². The van der Waals surface area contributed by atoms with Crippen LogP contribution in [-0.4, -0.2) is 21.7 Å². The molecular formula is C14H20BrN3O. The fourth-order valence-corrected chi connectivity index (χ4v) is 4.46. The van der Waals surface area contributed by atoms with Gasteiger partial charge in [-0.05, 0) is 59.9 Å². The van der Waals surface area contributed by atoms with Crippen molar-refractivity contribution in [3.63, 3.8) is 0 Å². The number of aromatic nitrogens is 2. The molecule has 1 heterocycles. The largest absolute Gasteiger partial charge is 0.348 e. The van der Waals surface area contributed by atoms with Crippen LogP contribution in [0.3, 0.4) is 0 Å². The van der Waals surface area contributed by atoms with E-state index in [0.29, 0.717) is 11.6 Å². The highest BCUT2D eigenvalue weighted by Crippen LogP contribution is 2.49. The van der Waals surface area contributed by atoms with Crippen molar-refractivity contribution in [1.82, 2.24) is 15.1 Å². The second-order valence-corrected chi connectivity index (χ2v) is 6.95. The van der Waals surface area contributed by atoms with Gasteiger partial charge in [-0.3, -0.25) is 9.48 Å². The minimum absolute atomic E-state index is 0.0669. The molecule has 0 aromatic carbocycles. The topological polar surface area (TPSA) is 46.9 Å². The predicted molar refractivity (Wildman–Crippen MR) is 76.8 cm³/mol. The first kappa shape index (κ1) is 13.2. The van der Waals surface area contributed by atoms with Crippen LogP contribution in [0.25, 0.3) is 0 Å². The molecule has 2 fully saturated rings. The van der Waals surface area contributed by atoms with Gasteiger partial charge in [0, 0.05) is 19.3 Å². The number of nitrogens with zero attached hydrogens (tertiary/aromatic N) is 2. The lowest BCUT2D eigenvalue weighted by atomic mass is 9.84. The number of carbonyl (C=O) groups is 1. The van der Waals surface area contributed by atoms with Gasteiger partial charge in [0.25, 0.3) is 5.91 Å². The molecule has 2 saturated carbocycles. The monoisotopic (exact) mass is 325 g/mol. The van der Waals surface area contributed by atoms with E-state index >= 15 is 0 Å². The van der Waals surface area contributed by atoms with E-state index in [1.165, 1.54) is 25.7 Å². The van der Waals surface area contributed by atoms with Gasteiger partial charge in [-0.1, -0.05) is 6.42 Å². The molecule has 4 nitrogen and oxygen atoms in total. The number of nitrogens with one attached hydrogen (secondary N) is 1. The standard InChI is InChI=1S/C14H20BrN3O/c1-8(11-6-9-3-4-10(11)5-9)16-14(19)13-12(15)7-18(2)17-13/h7-11H,3-6H2,1-2H3,(H,16,19)/t8-,9+,10+,11-/m1/s1. The third kappa shape index (κ3) is 2.45. The number of halogens is 1. The van der Waals surface area contributed by atoms with E-state index in [1.807, 2.05) is 7.05 Å². The van der Waals surface area contributed by atoms with Crippen molar-refractivity contribution in [2.45, 2.75) is 38.6 Å². The van der Waals surface area contributed by atoms with E-state index in [2.05, 4.69) is 33.3 Å². The van der Waals surface area contributed by atoms with Crippen LogP contribution >= 0.6 is 15.9 Å². The molecule has 4 atom stereocenters.